The van der Waals surface area contributed by atoms with Crippen LogP contribution >= 0.6 is 34.8 Å². The lowest BCUT2D eigenvalue weighted by molar-refractivity contribution is 0.0947. The van der Waals surface area contributed by atoms with Gasteiger partial charge in [-0.2, -0.15) is 10.4 Å². The van der Waals surface area contributed by atoms with Crippen molar-refractivity contribution >= 4 is 40.7 Å². The molecule has 0 unspecified atom stereocenters. The molecule has 1 amide bonds. The highest BCUT2D eigenvalue weighted by Crippen LogP contribution is 2.34. The fraction of sp³-hybridized carbons (Fsp3) is 0.115. The number of nitrogens with one attached hydrogen (secondary N) is 1. The molecule has 1 aromatic heterocycles. The van der Waals surface area contributed by atoms with Crippen molar-refractivity contribution < 1.29 is 9.53 Å². The molecule has 9 heteroatoms. The van der Waals surface area contributed by atoms with Gasteiger partial charge in [0.05, 0.1) is 35.1 Å². The Labute approximate surface area is 216 Å². The summed E-state index contributed by atoms with van der Waals surface area (Å²) in [6.07, 6.45) is 0.770. The molecule has 35 heavy (non-hydrogen) atoms. The van der Waals surface area contributed by atoms with Crippen LogP contribution in [-0.4, -0.2) is 22.3 Å². The van der Waals surface area contributed by atoms with Crippen LogP contribution in [-0.2, 0) is 13.0 Å². The van der Waals surface area contributed by atoms with Crippen LogP contribution in [0.3, 0.4) is 0 Å². The first-order valence-corrected chi connectivity index (χ1v) is 11.9. The molecule has 0 atom stereocenters. The minimum atomic E-state index is -0.306. The van der Waals surface area contributed by atoms with Gasteiger partial charge in [-0.05, 0) is 42.0 Å². The molecule has 1 aliphatic rings. The van der Waals surface area contributed by atoms with Crippen molar-refractivity contribution in [3.63, 3.8) is 0 Å². The molecule has 0 saturated carbocycles. The van der Waals surface area contributed by atoms with Gasteiger partial charge in [-0.3, -0.25) is 4.79 Å². The number of amides is 1. The summed E-state index contributed by atoms with van der Waals surface area (Å²) in [4.78, 5) is 13.0. The highest BCUT2D eigenvalue weighted by molar-refractivity contribution is 6.35. The van der Waals surface area contributed by atoms with Crippen LogP contribution < -0.4 is 10.1 Å². The third-order valence-corrected chi connectivity index (χ3v) is 6.49. The van der Waals surface area contributed by atoms with E-state index in [1.165, 1.54) is 0 Å². The number of benzene rings is 3. The zero-order valence-corrected chi connectivity index (χ0v) is 20.5. The summed E-state index contributed by atoms with van der Waals surface area (Å²) in [6, 6.07) is 19.8. The van der Waals surface area contributed by atoms with Gasteiger partial charge in [-0.15, -0.1) is 0 Å². The minimum absolute atomic E-state index is 0.0319. The van der Waals surface area contributed by atoms with E-state index in [-0.39, 0.29) is 12.5 Å². The average Bonchev–Trinajstić information content (AvgIpc) is 3.47. The SMILES string of the molecule is N#Cc1c(CNC(=O)c2cccc3c2OCC3)nn(-c2ccc(Cl)cc2Cl)c1-c1ccc(Cl)cc1. The number of rotatable bonds is 5. The molecule has 0 spiro atoms. The van der Waals surface area contributed by atoms with Crippen molar-refractivity contribution in [2.24, 2.45) is 0 Å². The van der Waals surface area contributed by atoms with Gasteiger partial charge in [-0.25, -0.2) is 4.68 Å². The number of nitriles is 1. The number of hydrogen-bond acceptors (Lipinski definition) is 4. The number of nitrogens with zero attached hydrogens (tertiary/aromatic N) is 3. The van der Waals surface area contributed by atoms with Gasteiger partial charge in [-0.1, -0.05) is 59.1 Å². The Morgan fingerprint density at radius 2 is 1.86 bits per heavy atom. The molecule has 0 fully saturated rings. The van der Waals surface area contributed by atoms with Crippen molar-refractivity contribution in [2.45, 2.75) is 13.0 Å². The number of ether oxygens (including phenoxy) is 1. The Morgan fingerprint density at radius 1 is 1.09 bits per heavy atom. The maximum atomic E-state index is 13.0. The van der Waals surface area contributed by atoms with Crippen LogP contribution in [0.2, 0.25) is 15.1 Å². The predicted octanol–water partition coefficient (Wildman–Crippen LogP) is 6.24. The molecule has 4 aromatic rings. The Hall–Kier alpha value is -3.50. The van der Waals surface area contributed by atoms with Crippen molar-refractivity contribution in [2.75, 3.05) is 6.61 Å². The third kappa shape index (κ3) is 4.46. The Kier molecular flexibility index (Phi) is 6.40. The molecule has 0 saturated heterocycles. The number of carbonyl (C=O) groups is 1. The standard InChI is InChI=1S/C26H17Cl3N4O2/c27-17-6-4-15(5-7-17)24-20(13-30)22(32-33(24)23-9-8-18(28)12-21(23)29)14-31-26(34)19-3-1-2-16-10-11-35-25(16)19/h1-9,12H,10-11,14H2,(H,31,34). The van der Waals surface area contributed by atoms with Crippen molar-refractivity contribution in [1.82, 2.24) is 15.1 Å². The third-order valence-electron chi connectivity index (χ3n) is 5.70. The Balaban J connectivity index is 1.55. The lowest BCUT2D eigenvalue weighted by Crippen LogP contribution is -2.24. The molecule has 174 valence electrons. The van der Waals surface area contributed by atoms with E-state index < -0.39 is 0 Å². The second-order valence-electron chi connectivity index (χ2n) is 7.87. The monoisotopic (exact) mass is 522 g/mol. The van der Waals surface area contributed by atoms with Gasteiger partial charge in [0.1, 0.15) is 23.1 Å². The lowest BCUT2D eigenvalue weighted by atomic mass is 10.1. The average molecular weight is 524 g/mol. The van der Waals surface area contributed by atoms with Gasteiger partial charge < -0.3 is 10.1 Å². The van der Waals surface area contributed by atoms with E-state index in [0.717, 1.165) is 17.5 Å². The zero-order chi connectivity index (χ0) is 24.5. The van der Waals surface area contributed by atoms with Crippen molar-refractivity contribution in [3.8, 4) is 28.8 Å². The van der Waals surface area contributed by atoms with Gasteiger partial charge in [0.25, 0.3) is 5.91 Å². The van der Waals surface area contributed by atoms with E-state index in [0.29, 0.717) is 55.6 Å². The predicted molar refractivity (Wildman–Crippen MR) is 136 cm³/mol. The summed E-state index contributed by atoms with van der Waals surface area (Å²) in [6.45, 7) is 0.582. The molecule has 0 aliphatic carbocycles. The summed E-state index contributed by atoms with van der Waals surface area (Å²) in [5.74, 6) is 0.297. The van der Waals surface area contributed by atoms with Crippen LogP contribution in [0, 0.1) is 11.3 Å². The normalized spacial score (nSPS) is 12.1. The van der Waals surface area contributed by atoms with Gasteiger partial charge in [0, 0.05) is 22.0 Å². The fourth-order valence-electron chi connectivity index (χ4n) is 4.06. The van der Waals surface area contributed by atoms with Crippen molar-refractivity contribution in [3.05, 3.63) is 98.1 Å². The molecule has 0 bridgehead atoms. The molecule has 6 nitrogen and oxygen atoms in total. The molecule has 2 heterocycles. The van der Waals surface area contributed by atoms with Crippen LogP contribution in [0.1, 0.15) is 27.2 Å². The first-order valence-electron chi connectivity index (χ1n) is 10.7. The Morgan fingerprint density at radius 3 is 2.60 bits per heavy atom. The minimum Gasteiger partial charge on any atom is -0.492 e. The van der Waals surface area contributed by atoms with E-state index >= 15 is 0 Å². The molecular weight excluding hydrogens is 507 g/mol. The van der Waals surface area contributed by atoms with Gasteiger partial charge >= 0.3 is 0 Å². The molecular formula is C26H17Cl3N4O2. The Bertz CT molecular complexity index is 1490. The van der Waals surface area contributed by atoms with Crippen LogP contribution in [0.4, 0.5) is 0 Å². The van der Waals surface area contributed by atoms with Crippen LogP contribution in [0.5, 0.6) is 5.75 Å². The van der Waals surface area contributed by atoms with E-state index in [2.05, 4.69) is 16.5 Å². The number of fused-ring (bicyclic) bond motifs is 1. The number of aromatic nitrogens is 2. The molecule has 3 aromatic carbocycles. The van der Waals surface area contributed by atoms with Crippen molar-refractivity contribution in [1.29, 1.82) is 5.26 Å². The highest BCUT2D eigenvalue weighted by Gasteiger charge is 2.24. The lowest BCUT2D eigenvalue weighted by Gasteiger charge is -2.10. The van der Waals surface area contributed by atoms with E-state index in [9.17, 15) is 10.1 Å². The van der Waals surface area contributed by atoms with E-state index in [1.807, 2.05) is 12.1 Å². The molecule has 1 aliphatic heterocycles. The highest BCUT2D eigenvalue weighted by atomic mass is 35.5. The second kappa shape index (κ2) is 9.63. The first-order chi connectivity index (χ1) is 17.0. The zero-order valence-electron chi connectivity index (χ0n) is 18.2. The second-order valence-corrected chi connectivity index (χ2v) is 9.15. The summed E-state index contributed by atoms with van der Waals surface area (Å²) >= 11 is 18.6. The summed E-state index contributed by atoms with van der Waals surface area (Å²) in [5.41, 5.74) is 3.96. The summed E-state index contributed by atoms with van der Waals surface area (Å²) < 4.78 is 7.24. The quantitative estimate of drug-likeness (QED) is 0.336. The number of halogens is 3. The molecule has 1 N–H and O–H groups in total. The first kappa shape index (κ1) is 23.3. The largest absolute Gasteiger partial charge is 0.492 e. The summed E-state index contributed by atoms with van der Waals surface area (Å²) in [5, 5.41) is 19.0. The summed E-state index contributed by atoms with van der Waals surface area (Å²) in [7, 11) is 0. The number of para-hydroxylation sites is 1. The smallest absolute Gasteiger partial charge is 0.255 e. The van der Waals surface area contributed by atoms with E-state index in [1.54, 1.807) is 53.2 Å². The maximum absolute atomic E-state index is 13.0. The molecule has 0 radical (unpaired) electrons. The molecule has 5 rings (SSSR count). The van der Waals surface area contributed by atoms with Gasteiger partial charge in [0.15, 0.2) is 0 Å². The van der Waals surface area contributed by atoms with Crippen LogP contribution in [0.15, 0.2) is 60.7 Å². The number of hydrogen-bond donors (Lipinski definition) is 1. The topological polar surface area (TPSA) is 79.9 Å². The maximum Gasteiger partial charge on any atom is 0.255 e. The number of carbonyl (C=O) groups excluding carboxylic acids is 1. The van der Waals surface area contributed by atoms with Crippen LogP contribution in [0.25, 0.3) is 16.9 Å². The van der Waals surface area contributed by atoms with E-state index in [4.69, 9.17) is 39.5 Å². The van der Waals surface area contributed by atoms with Gasteiger partial charge in [0.2, 0.25) is 0 Å². The fourth-order valence-corrected chi connectivity index (χ4v) is 4.67.